The zero-order valence-electron chi connectivity index (χ0n) is 23.4. The summed E-state index contributed by atoms with van der Waals surface area (Å²) in [5.74, 6) is 0.503. The molecule has 5 heteroatoms. The molecule has 5 nitrogen and oxygen atoms in total. The molecule has 1 N–H and O–H groups in total. The van der Waals surface area contributed by atoms with Crippen LogP contribution in [0.3, 0.4) is 0 Å². The highest BCUT2D eigenvalue weighted by Crippen LogP contribution is 2.74. The zero-order valence-corrected chi connectivity index (χ0v) is 23.4. The summed E-state index contributed by atoms with van der Waals surface area (Å²) >= 11 is 0. The van der Waals surface area contributed by atoms with Gasteiger partial charge in [0.15, 0.2) is 5.78 Å². The molecular weight excluding hydrogens is 450 g/mol. The Morgan fingerprint density at radius 1 is 1.19 bits per heavy atom. The van der Waals surface area contributed by atoms with E-state index >= 15 is 0 Å². The molecule has 2 saturated carbocycles. The minimum atomic E-state index is -0.735. The average molecular weight is 494 g/mol. The topological polar surface area (TPSA) is 68.5 Å². The molecule has 4 aliphatic rings. The molecule has 0 amide bonds. The summed E-state index contributed by atoms with van der Waals surface area (Å²) in [6.07, 6.45) is 4.72. The van der Waals surface area contributed by atoms with E-state index in [1.165, 1.54) is 0 Å². The number of aromatic nitrogens is 1. The number of hydrogen-bond donors (Lipinski definition) is 1. The molecule has 1 aromatic heterocycles. The highest BCUT2D eigenvalue weighted by molar-refractivity contribution is 5.95. The van der Waals surface area contributed by atoms with E-state index in [1.54, 1.807) is 0 Å². The Kier molecular flexibility index (Phi) is 5.62. The molecule has 0 radical (unpaired) electrons. The number of rotatable bonds is 4. The van der Waals surface area contributed by atoms with E-state index in [1.807, 2.05) is 38.3 Å². The average Bonchev–Trinajstić information content (AvgIpc) is 3.13. The maximum atomic E-state index is 14.7. The summed E-state index contributed by atoms with van der Waals surface area (Å²) in [4.78, 5) is 28.4. The van der Waals surface area contributed by atoms with Crippen molar-refractivity contribution < 1.29 is 19.4 Å². The van der Waals surface area contributed by atoms with Gasteiger partial charge in [0.2, 0.25) is 0 Å². The first-order chi connectivity index (χ1) is 16.8. The van der Waals surface area contributed by atoms with Gasteiger partial charge in [-0.15, -0.1) is 0 Å². The van der Waals surface area contributed by atoms with E-state index in [0.29, 0.717) is 24.1 Å². The van der Waals surface area contributed by atoms with Crippen LogP contribution in [0.5, 0.6) is 0 Å². The zero-order chi connectivity index (χ0) is 26.5. The maximum Gasteiger partial charge on any atom is 0.355 e. The van der Waals surface area contributed by atoms with E-state index in [-0.39, 0.29) is 41.5 Å². The van der Waals surface area contributed by atoms with Gasteiger partial charge >= 0.3 is 5.97 Å². The molecule has 1 spiro atoms. The van der Waals surface area contributed by atoms with Crippen LogP contribution in [0.25, 0.3) is 0 Å². The Labute approximate surface area is 216 Å². The molecule has 2 bridgehead atoms. The van der Waals surface area contributed by atoms with Crippen LogP contribution in [0, 0.1) is 59.7 Å². The number of Topliss-reactive ketones (excluding diaryl/α,β-unsaturated/α-hetero) is 1. The van der Waals surface area contributed by atoms with Crippen molar-refractivity contribution in [1.29, 1.82) is 0 Å². The van der Waals surface area contributed by atoms with Crippen LogP contribution in [0.1, 0.15) is 76.6 Å². The van der Waals surface area contributed by atoms with Gasteiger partial charge in [-0.05, 0) is 86.0 Å². The van der Waals surface area contributed by atoms with Gasteiger partial charge in [0, 0.05) is 23.6 Å². The van der Waals surface area contributed by atoms with Gasteiger partial charge in [-0.2, -0.15) is 0 Å². The number of esters is 1. The number of nitrogens with zero attached hydrogens (tertiary/aromatic N) is 1. The first kappa shape index (κ1) is 25.5. The second-order valence-electron chi connectivity index (χ2n) is 13.0. The van der Waals surface area contributed by atoms with Crippen molar-refractivity contribution in [2.24, 2.45) is 45.8 Å². The summed E-state index contributed by atoms with van der Waals surface area (Å²) < 4.78 is 8.46. The number of aryl methyl sites for hydroxylation is 2. The van der Waals surface area contributed by atoms with Crippen LogP contribution in [0.4, 0.5) is 0 Å². The van der Waals surface area contributed by atoms with Crippen LogP contribution in [-0.4, -0.2) is 34.1 Å². The summed E-state index contributed by atoms with van der Waals surface area (Å²) in [5, 5.41) is 10.5. The molecule has 5 rings (SSSR count). The van der Waals surface area contributed by atoms with E-state index < -0.39 is 16.9 Å². The molecule has 1 heterocycles. The van der Waals surface area contributed by atoms with Gasteiger partial charge in [-0.25, -0.2) is 4.79 Å². The maximum absolute atomic E-state index is 14.7. The third kappa shape index (κ3) is 2.92. The Bertz CT molecular complexity index is 1200. The van der Waals surface area contributed by atoms with Gasteiger partial charge < -0.3 is 14.4 Å². The highest BCUT2D eigenvalue weighted by atomic mass is 16.5. The predicted octanol–water partition coefficient (Wildman–Crippen LogP) is 5.67. The fourth-order valence-electron chi connectivity index (χ4n) is 9.11. The van der Waals surface area contributed by atoms with Gasteiger partial charge in [0.1, 0.15) is 11.8 Å². The summed E-state index contributed by atoms with van der Waals surface area (Å²) in [5.41, 5.74) is 3.10. The number of carbonyl (C=O) groups is 2. The number of hydrogen-bond acceptors (Lipinski definition) is 4. The number of aliphatic hydroxyl groups excluding tert-OH is 1. The highest BCUT2D eigenvalue weighted by Gasteiger charge is 2.74. The Morgan fingerprint density at radius 2 is 1.86 bits per heavy atom. The van der Waals surface area contributed by atoms with Gasteiger partial charge in [-0.1, -0.05) is 46.8 Å². The normalized spacial score (nSPS) is 40.4. The van der Waals surface area contributed by atoms with Gasteiger partial charge in [0.25, 0.3) is 0 Å². The number of carbonyl (C=O) groups excluding carboxylic acids is 2. The van der Waals surface area contributed by atoms with Crippen LogP contribution in [0.2, 0.25) is 0 Å². The molecule has 1 aromatic rings. The molecule has 36 heavy (non-hydrogen) atoms. The van der Waals surface area contributed by atoms with Crippen molar-refractivity contribution >= 4 is 11.8 Å². The second-order valence-corrected chi connectivity index (χ2v) is 13.0. The van der Waals surface area contributed by atoms with Crippen LogP contribution < -0.4 is 0 Å². The minimum Gasteiger partial charge on any atom is -0.453 e. The first-order valence-corrected chi connectivity index (χ1v) is 13.7. The lowest BCUT2D eigenvalue weighted by Gasteiger charge is -2.51. The number of ether oxygens (including phenoxy) is 1. The lowest BCUT2D eigenvalue weighted by molar-refractivity contribution is -0.146. The van der Waals surface area contributed by atoms with Crippen molar-refractivity contribution in [3.63, 3.8) is 0 Å². The van der Waals surface area contributed by atoms with Crippen molar-refractivity contribution in [3.05, 3.63) is 46.3 Å². The second kappa shape index (κ2) is 7.93. The lowest BCUT2D eigenvalue weighted by atomic mass is 9.51. The standard InChI is InChI=1S/C31H43NO4/c1-10-32-19(5)11-16(2)25(32)28(35)36-27-17(3)14-31-18(4)12-23-24(29(23,7)8)22(26(31)34)13-21(15-33)20(6)30(27,31)9/h11,13-14,18,20,22-24,27,33H,10,12,15H2,1-9H3/t18-,20-,22+,23-,24+,27+,30-,31+/m1/s1. The molecule has 0 aliphatic heterocycles. The van der Waals surface area contributed by atoms with Crippen LogP contribution in [0.15, 0.2) is 29.4 Å². The Balaban J connectivity index is 1.64. The molecule has 8 atom stereocenters. The molecule has 4 aliphatic carbocycles. The number of ketones is 1. The van der Waals surface area contributed by atoms with E-state index in [9.17, 15) is 14.7 Å². The molecular formula is C31H43NO4. The van der Waals surface area contributed by atoms with E-state index in [2.05, 4.69) is 46.8 Å². The Morgan fingerprint density at radius 3 is 2.47 bits per heavy atom. The summed E-state index contributed by atoms with van der Waals surface area (Å²) in [6, 6.07) is 2.02. The largest absolute Gasteiger partial charge is 0.453 e. The van der Waals surface area contributed by atoms with Crippen LogP contribution >= 0.6 is 0 Å². The third-order valence-electron chi connectivity index (χ3n) is 11.2. The van der Waals surface area contributed by atoms with Crippen molar-refractivity contribution in [2.75, 3.05) is 6.61 Å². The van der Waals surface area contributed by atoms with Gasteiger partial charge in [0.05, 0.1) is 12.0 Å². The number of fused-ring (bicyclic) bond motifs is 3. The first-order valence-electron chi connectivity index (χ1n) is 13.7. The molecule has 0 unspecified atom stereocenters. The monoisotopic (exact) mass is 493 g/mol. The van der Waals surface area contributed by atoms with Gasteiger partial charge in [-0.3, -0.25) is 4.79 Å². The molecule has 196 valence electrons. The van der Waals surface area contributed by atoms with Crippen LogP contribution in [-0.2, 0) is 16.1 Å². The molecule has 0 aromatic carbocycles. The third-order valence-corrected chi connectivity index (χ3v) is 11.2. The quantitative estimate of drug-likeness (QED) is 0.434. The smallest absolute Gasteiger partial charge is 0.355 e. The molecule has 0 saturated heterocycles. The molecule has 2 fully saturated rings. The fourth-order valence-corrected chi connectivity index (χ4v) is 9.11. The summed E-state index contributed by atoms with van der Waals surface area (Å²) in [7, 11) is 0. The number of allylic oxidation sites excluding steroid dienone is 2. The van der Waals surface area contributed by atoms with Crippen molar-refractivity contribution in [1.82, 2.24) is 4.57 Å². The fraction of sp³-hybridized carbons (Fsp3) is 0.677. The lowest BCUT2D eigenvalue weighted by Crippen LogP contribution is -2.56. The number of aliphatic hydroxyl groups is 1. The van der Waals surface area contributed by atoms with E-state index in [0.717, 1.165) is 28.8 Å². The summed E-state index contributed by atoms with van der Waals surface area (Å²) in [6.45, 7) is 19.7. The minimum absolute atomic E-state index is 0.0838. The van der Waals surface area contributed by atoms with Crippen molar-refractivity contribution in [2.45, 2.75) is 81.4 Å². The van der Waals surface area contributed by atoms with E-state index in [4.69, 9.17) is 4.74 Å². The predicted molar refractivity (Wildman–Crippen MR) is 140 cm³/mol. The van der Waals surface area contributed by atoms with Crippen molar-refractivity contribution in [3.8, 4) is 0 Å². The Hall–Kier alpha value is -2.14. The SMILES string of the molecule is CCn1c(C)cc(C)c1C(=O)O[C@H]1C(C)=C[C@]23C(=O)[C@@H](C=C(CO)[C@@H](C)[C@]12C)[C@H]1[C@@H](C[C@H]3C)C1(C)C.